The van der Waals surface area contributed by atoms with Gasteiger partial charge in [0.15, 0.2) is 5.96 Å². The van der Waals surface area contributed by atoms with Gasteiger partial charge in [-0.05, 0) is 26.2 Å². The van der Waals surface area contributed by atoms with E-state index >= 15 is 0 Å². The Morgan fingerprint density at radius 1 is 1.34 bits per heavy atom. The molecule has 0 aliphatic heterocycles. The Morgan fingerprint density at radius 3 is 2.62 bits per heavy atom. The molecule has 0 saturated heterocycles. The molecule has 3 aromatic rings. The van der Waals surface area contributed by atoms with Gasteiger partial charge in [0, 0.05) is 53.8 Å². The second kappa shape index (κ2) is 7.80. The molecule has 0 spiro atoms. The number of phenolic OH excluding ortho intramolecular Hbond substituents is 1. The summed E-state index contributed by atoms with van der Waals surface area (Å²) in [5.41, 5.74) is 14.0. The maximum absolute atomic E-state index is 12.2. The number of carboxylic acid groups (broad SMARTS) is 1. The summed E-state index contributed by atoms with van der Waals surface area (Å²) in [5, 5.41) is 21.4. The molecule has 9 nitrogen and oxygen atoms in total. The number of pyridine rings is 1. The minimum atomic E-state index is -1.08. The summed E-state index contributed by atoms with van der Waals surface area (Å²) in [5.74, 6) is -1.29. The minimum Gasteiger partial charge on any atom is -0.507 e. The standard InChI is InChI=1S/C20H24N6O3/c1-25(2)10-15-17(19(28)29)16-13(9-24-20(21)22)18(27)12(7-14(16)26(15)3)11-5-4-6-23-8-11/h4-8,27H,9-10H2,1-3H3,(H,28,29)(H4,21,22,24). The molecule has 0 aliphatic carbocycles. The number of nitrogens with zero attached hydrogens (tertiary/aromatic N) is 4. The first-order valence-corrected chi connectivity index (χ1v) is 8.92. The Bertz CT molecular complexity index is 1100. The van der Waals surface area contributed by atoms with Crippen molar-refractivity contribution in [2.75, 3.05) is 14.1 Å². The van der Waals surface area contributed by atoms with Gasteiger partial charge in [-0.3, -0.25) is 4.98 Å². The van der Waals surface area contributed by atoms with Crippen LogP contribution in [0.4, 0.5) is 0 Å². The fourth-order valence-electron chi connectivity index (χ4n) is 3.50. The molecular weight excluding hydrogens is 372 g/mol. The predicted octanol–water partition coefficient (Wildman–Crippen LogP) is 1.48. The SMILES string of the molecule is CN(C)Cc1c(C(=O)O)c2c(CN=C(N)N)c(O)c(-c3cccnc3)cc2n1C. The number of rotatable bonds is 6. The number of aromatic nitrogens is 2. The van der Waals surface area contributed by atoms with Gasteiger partial charge in [-0.25, -0.2) is 9.79 Å². The van der Waals surface area contributed by atoms with Crippen LogP contribution in [0.25, 0.3) is 22.0 Å². The predicted molar refractivity (Wildman–Crippen MR) is 112 cm³/mol. The lowest BCUT2D eigenvalue weighted by molar-refractivity contribution is 0.0696. The number of fused-ring (bicyclic) bond motifs is 1. The molecule has 0 atom stereocenters. The van der Waals surface area contributed by atoms with Crippen molar-refractivity contribution in [1.29, 1.82) is 0 Å². The van der Waals surface area contributed by atoms with Gasteiger partial charge in [0.25, 0.3) is 0 Å². The van der Waals surface area contributed by atoms with Gasteiger partial charge in [-0.1, -0.05) is 6.07 Å². The van der Waals surface area contributed by atoms with E-state index in [0.717, 1.165) is 0 Å². The van der Waals surface area contributed by atoms with Crippen molar-refractivity contribution in [2.45, 2.75) is 13.1 Å². The Hall–Kier alpha value is -3.59. The molecule has 0 amide bonds. The van der Waals surface area contributed by atoms with Crippen molar-refractivity contribution in [3.05, 3.63) is 47.4 Å². The Morgan fingerprint density at radius 2 is 2.07 bits per heavy atom. The van der Waals surface area contributed by atoms with Crippen LogP contribution in [0.1, 0.15) is 21.6 Å². The minimum absolute atomic E-state index is 0.0511. The number of carboxylic acids is 1. The second-order valence-electron chi connectivity index (χ2n) is 7.05. The zero-order valence-electron chi connectivity index (χ0n) is 16.5. The van der Waals surface area contributed by atoms with Crippen molar-refractivity contribution in [2.24, 2.45) is 23.5 Å². The van der Waals surface area contributed by atoms with Crippen molar-refractivity contribution in [3.8, 4) is 16.9 Å². The zero-order valence-corrected chi connectivity index (χ0v) is 16.5. The molecule has 9 heteroatoms. The zero-order chi connectivity index (χ0) is 21.3. The van der Waals surface area contributed by atoms with Gasteiger partial charge in [-0.15, -0.1) is 0 Å². The highest BCUT2D eigenvalue weighted by molar-refractivity contribution is 6.08. The van der Waals surface area contributed by atoms with Gasteiger partial charge < -0.3 is 31.1 Å². The van der Waals surface area contributed by atoms with E-state index in [0.29, 0.717) is 39.8 Å². The van der Waals surface area contributed by atoms with Crippen molar-refractivity contribution in [1.82, 2.24) is 14.5 Å². The topological polar surface area (TPSA) is 143 Å². The number of nitrogens with two attached hydrogens (primary N) is 2. The van der Waals surface area contributed by atoms with Crippen LogP contribution in [-0.4, -0.2) is 50.7 Å². The Kier molecular flexibility index (Phi) is 5.42. The quantitative estimate of drug-likeness (QED) is 0.365. The summed E-state index contributed by atoms with van der Waals surface area (Å²) in [6.45, 7) is 0.363. The van der Waals surface area contributed by atoms with E-state index in [1.165, 1.54) is 0 Å². The number of hydrogen-bond acceptors (Lipinski definition) is 5. The second-order valence-corrected chi connectivity index (χ2v) is 7.05. The number of aliphatic imine (C=N–C) groups is 1. The summed E-state index contributed by atoms with van der Waals surface area (Å²) < 4.78 is 1.83. The lowest BCUT2D eigenvalue weighted by Gasteiger charge is -2.12. The highest BCUT2D eigenvalue weighted by atomic mass is 16.4. The summed E-state index contributed by atoms with van der Waals surface area (Å²) >= 11 is 0. The number of phenols is 1. The Balaban J connectivity index is 2.44. The van der Waals surface area contributed by atoms with Crippen molar-refractivity contribution >= 4 is 22.8 Å². The lowest BCUT2D eigenvalue weighted by Crippen LogP contribution is -2.22. The van der Waals surface area contributed by atoms with Gasteiger partial charge in [0.05, 0.1) is 17.6 Å². The Labute approximate surface area is 167 Å². The van der Waals surface area contributed by atoms with Gasteiger partial charge in [-0.2, -0.15) is 0 Å². The lowest BCUT2D eigenvalue weighted by atomic mass is 9.97. The number of aromatic hydroxyl groups is 1. The van der Waals surface area contributed by atoms with Crippen LogP contribution in [-0.2, 0) is 20.1 Å². The molecule has 29 heavy (non-hydrogen) atoms. The highest BCUT2D eigenvalue weighted by Crippen LogP contribution is 2.41. The van der Waals surface area contributed by atoms with Crippen LogP contribution in [0.5, 0.6) is 5.75 Å². The van der Waals surface area contributed by atoms with Crippen molar-refractivity contribution < 1.29 is 15.0 Å². The monoisotopic (exact) mass is 396 g/mol. The third kappa shape index (κ3) is 3.72. The fourth-order valence-corrected chi connectivity index (χ4v) is 3.50. The molecule has 0 saturated carbocycles. The van der Waals surface area contributed by atoms with E-state index in [1.807, 2.05) is 36.7 Å². The third-order valence-electron chi connectivity index (χ3n) is 4.76. The molecule has 2 heterocycles. The van der Waals surface area contributed by atoms with E-state index in [4.69, 9.17) is 11.5 Å². The molecule has 152 valence electrons. The largest absolute Gasteiger partial charge is 0.507 e. The van der Waals surface area contributed by atoms with E-state index in [9.17, 15) is 15.0 Å². The molecule has 0 unspecified atom stereocenters. The first kappa shape index (κ1) is 20.2. The average Bonchev–Trinajstić information content (AvgIpc) is 2.92. The van der Waals surface area contributed by atoms with E-state index in [2.05, 4.69) is 9.98 Å². The van der Waals surface area contributed by atoms with E-state index in [1.54, 1.807) is 24.5 Å². The molecule has 3 rings (SSSR count). The molecule has 6 N–H and O–H groups in total. The summed E-state index contributed by atoms with van der Waals surface area (Å²) in [6, 6.07) is 5.35. The van der Waals surface area contributed by atoms with Crippen LogP contribution < -0.4 is 11.5 Å². The normalized spacial score (nSPS) is 11.2. The van der Waals surface area contributed by atoms with Crippen molar-refractivity contribution in [3.63, 3.8) is 0 Å². The van der Waals surface area contributed by atoms with E-state index < -0.39 is 5.97 Å². The number of carbonyl (C=O) groups is 1. The number of aromatic carboxylic acids is 1. The molecule has 0 bridgehead atoms. The molecule has 0 fully saturated rings. The van der Waals surface area contributed by atoms with Gasteiger partial charge >= 0.3 is 5.97 Å². The number of benzene rings is 1. The summed E-state index contributed by atoms with van der Waals surface area (Å²) in [4.78, 5) is 22.2. The first-order valence-electron chi connectivity index (χ1n) is 8.92. The third-order valence-corrected chi connectivity index (χ3v) is 4.76. The maximum atomic E-state index is 12.2. The smallest absolute Gasteiger partial charge is 0.338 e. The highest BCUT2D eigenvalue weighted by Gasteiger charge is 2.26. The molecular formula is C20H24N6O3. The van der Waals surface area contributed by atoms with Crippen LogP contribution >= 0.6 is 0 Å². The van der Waals surface area contributed by atoms with Gasteiger partial charge in [0.1, 0.15) is 5.75 Å². The molecule has 0 aliphatic rings. The first-order chi connectivity index (χ1) is 13.7. The fraction of sp³-hybridized carbons (Fsp3) is 0.250. The number of guanidine groups is 1. The van der Waals surface area contributed by atoms with Crippen LogP contribution in [0.3, 0.4) is 0 Å². The van der Waals surface area contributed by atoms with E-state index in [-0.39, 0.29) is 23.8 Å². The molecule has 2 aromatic heterocycles. The summed E-state index contributed by atoms with van der Waals surface area (Å²) in [6.07, 6.45) is 3.27. The summed E-state index contributed by atoms with van der Waals surface area (Å²) in [7, 11) is 5.53. The number of hydrogen-bond donors (Lipinski definition) is 4. The number of aryl methyl sites for hydroxylation is 1. The van der Waals surface area contributed by atoms with Gasteiger partial charge in [0.2, 0.25) is 0 Å². The molecule has 0 radical (unpaired) electrons. The van der Waals surface area contributed by atoms with Crippen LogP contribution in [0, 0.1) is 0 Å². The molecule has 1 aromatic carbocycles. The van der Waals surface area contributed by atoms with Crippen LogP contribution in [0.15, 0.2) is 35.6 Å². The van der Waals surface area contributed by atoms with Crippen LogP contribution in [0.2, 0.25) is 0 Å². The average molecular weight is 396 g/mol. The maximum Gasteiger partial charge on any atom is 0.338 e.